The fraction of sp³-hybridized carbons (Fsp3) is 0.333. The van der Waals surface area contributed by atoms with Crippen LogP contribution in [0.5, 0.6) is 0 Å². The first-order chi connectivity index (χ1) is 8.61. The van der Waals surface area contributed by atoms with Crippen LogP contribution in [0.1, 0.15) is 17.7 Å². The van der Waals surface area contributed by atoms with Crippen molar-refractivity contribution in [1.29, 1.82) is 5.26 Å². The topological polar surface area (TPSA) is 100 Å². The van der Waals surface area contributed by atoms with Crippen LogP contribution >= 0.6 is 0 Å². The molecule has 0 aromatic carbocycles. The van der Waals surface area contributed by atoms with Crippen LogP contribution in [-0.4, -0.2) is 28.2 Å². The number of nitrogens with two attached hydrogens (primary N) is 1. The van der Waals surface area contributed by atoms with E-state index < -0.39 is 11.8 Å². The second-order valence-corrected chi connectivity index (χ2v) is 4.16. The van der Waals surface area contributed by atoms with Crippen LogP contribution in [0.2, 0.25) is 0 Å². The Morgan fingerprint density at radius 2 is 2.44 bits per heavy atom. The van der Waals surface area contributed by atoms with Gasteiger partial charge in [0.2, 0.25) is 11.8 Å². The van der Waals surface area contributed by atoms with Gasteiger partial charge in [0.25, 0.3) is 0 Å². The summed E-state index contributed by atoms with van der Waals surface area (Å²) in [6.45, 7) is 0.885. The maximum atomic E-state index is 11.9. The monoisotopic (exact) mass is 244 g/mol. The second-order valence-electron chi connectivity index (χ2n) is 4.16. The highest BCUT2D eigenvalue weighted by Crippen LogP contribution is 2.20. The lowest BCUT2D eigenvalue weighted by Crippen LogP contribution is -2.33. The average Bonchev–Trinajstić information content (AvgIpc) is 2.71. The van der Waals surface area contributed by atoms with E-state index in [1.165, 1.54) is 6.20 Å². The Labute approximate surface area is 104 Å². The predicted molar refractivity (Wildman–Crippen MR) is 61.7 cm³/mol. The second kappa shape index (κ2) is 4.84. The molecule has 2 heterocycles. The first-order valence-electron chi connectivity index (χ1n) is 5.55. The van der Waals surface area contributed by atoms with Gasteiger partial charge in [-0.05, 0) is 24.1 Å². The molecule has 6 heteroatoms. The summed E-state index contributed by atoms with van der Waals surface area (Å²) in [5.41, 5.74) is 6.28. The lowest BCUT2D eigenvalue weighted by Gasteiger charge is -2.16. The van der Waals surface area contributed by atoms with Gasteiger partial charge in [-0.2, -0.15) is 5.26 Å². The van der Waals surface area contributed by atoms with Gasteiger partial charge in [-0.3, -0.25) is 9.59 Å². The Morgan fingerprint density at radius 1 is 1.67 bits per heavy atom. The van der Waals surface area contributed by atoms with Crippen LogP contribution < -0.4 is 5.73 Å². The molecular weight excluding hydrogens is 232 g/mol. The summed E-state index contributed by atoms with van der Waals surface area (Å²) in [5.74, 6) is -1.52. The van der Waals surface area contributed by atoms with Crippen molar-refractivity contribution < 1.29 is 9.59 Å². The third kappa shape index (κ3) is 2.30. The molecule has 0 aliphatic carbocycles. The Balaban J connectivity index is 2.09. The molecule has 1 saturated heterocycles. The van der Waals surface area contributed by atoms with Crippen LogP contribution in [0, 0.1) is 17.2 Å². The van der Waals surface area contributed by atoms with Crippen molar-refractivity contribution in [3.8, 4) is 6.07 Å². The molecule has 2 rings (SSSR count). The van der Waals surface area contributed by atoms with Gasteiger partial charge in [0.15, 0.2) is 0 Å². The van der Waals surface area contributed by atoms with E-state index >= 15 is 0 Å². The maximum Gasteiger partial charge on any atom is 0.235 e. The van der Waals surface area contributed by atoms with Gasteiger partial charge in [0.1, 0.15) is 17.7 Å². The number of rotatable bonds is 3. The zero-order valence-corrected chi connectivity index (χ0v) is 9.67. The molecule has 0 bridgehead atoms. The molecule has 92 valence electrons. The average molecular weight is 244 g/mol. The SMILES string of the molecule is N#Cc1cc(CN2CC[C@@H](C(N)=O)C2=O)ccn1. The molecule has 1 atom stereocenters. The van der Waals surface area contributed by atoms with Crippen LogP contribution in [0.15, 0.2) is 18.3 Å². The van der Waals surface area contributed by atoms with Crippen molar-refractivity contribution in [2.45, 2.75) is 13.0 Å². The summed E-state index contributed by atoms with van der Waals surface area (Å²) in [4.78, 5) is 28.3. The van der Waals surface area contributed by atoms with Crippen molar-refractivity contribution in [2.24, 2.45) is 11.7 Å². The molecule has 18 heavy (non-hydrogen) atoms. The van der Waals surface area contributed by atoms with Crippen molar-refractivity contribution in [2.75, 3.05) is 6.54 Å². The summed E-state index contributed by atoms with van der Waals surface area (Å²) in [5, 5.41) is 8.74. The third-order valence-corrected chi connectivity index (χ3v) is 2.95. The molecular formula is C12H12N4O2. The number of nitriles is 1. The first-order valence-corrected chi connectivity index (χ1v) is 5.55. The number of amides is 2. The molecule has 1 aliphatic heterocycles. The van der Waals surface area contributed by atoms with Gasteiger partial charge in [-0.15, -0.1) is 0 Å². The smallest absolute Gasteiger partial charge is 0.235 e. The summed E-state index contributed by atoms with van der Waals surface area (Å²) in [7, 11) is 0. The number of carbonyl (C=O) groups is 2. The van der Waals surface area contributed by atoms with E-state index in [1.54, 1.807) is 17.0 Å². The van der Waals surface area contributed by atoms with Gasteiger partial charge in [0, 0.05) is 19.3 Å². The lowest BCUT2D eigenvalue weighted by molar-refractivity contribution is -0.136. The van der Waals surface area contributed by atoms with E-state index in [2.05, 4.69) is 4.98 Å². The standard InChI is InChI=1S/C12H12N4O2/c13-6-9-5-8(1-3-15-9)7-16-4-2-10(11(14)17)12(16)18/h1,3,5,10H,2,4,7H2,(H2,14,17)/t10-/m0/s1. The summed E-state index contributed by atoms with van der Waals surface area (Å²) < 4.78 is 0. The van der Waals surface area contributed by atoms with E-state index in [0.29, 0.717) is 25.2 Å². The predicted octanol–water partition coefficient (Wildman–Crippen LogP) is -0.213. The Kier molecular flexibility index (Phi) is 3.24. The van der Waals surface area contributed by atoms with Crippen molar-refractivity contribution >= 4 is 11.8 Å². The van der Waals surface area contributed by atoms with Gasteiger partial charge in [-0.25, -0.2) is 4.98 Å². The molecule has 0 unspecified atom stereocenters. The quantitative estimate of drug-likeness (QED) is 0.743. The number of aromatic nitrogens is 1. The normalized spacial score (nSPS) is 18.7. The van der Waals surface area contributed by atoms with Gasteiger partial charge >= 0.3 is 0 Å². The van der Waals surface area contributed by atoms with Gasteiger partial charge in [-0.1, -0.05) is 0 Å². The zero-order valence-electron chi connectivity index (χ0n) is 9.67. The molecule has 6 nitrogen and oxygen atoms in total. The number of hydrogen-bond acceptors (Lipinski definition) is 4. The minimum atomic E-state index is -0.706. The third-order valence-electron chi connectivity index (χ3n) is 2.95. The number of nitrogens with zero attached hydrogens (tertiary/aromatic N) is 3. The number of likely N-dealkylation sites (tertiary alicyclic amines) is 1. The van der Waals surface area contributed by atoms with E-state index in [4.69, 9.17) is 11.0 Å². The Morgan fingerprint density at radius 3 is 3.06 bits per heavy atom. The van der Waals surface area contributed by atoms with E-state index in [1.807, 2.05) is 6.07 Å². The molecule has 1 aliphatic rings. The molecule has 0 spiro atoms. The summed E-state index contributed by atoms with van der Waals surface area (Å²) in [6.07, 6.45) is 1.99. The molecule has 1 fully saturated rings. The zero-order chi connectivity index (χ0) is 13.1. The number of primary amides is 1. The highest BCUT2D eigenvalue weighted by molar-refractivity contribution is 6.00. The van der Waals surface area contributed by atoms with Gasteiger partial charge in [0.05, 0.1) is 0 Å². The maximum absolute atomic E-state index is 11.9. The largest absolute Gasteiger partial charge is 0.369 e. The summed E-state index contributed by atoms with van der Waals surface area (Å²) >= 11 is 0. The molecule has 2 amide bonds. The summed E-state index contributed by atoms with van der Waals surface area (Å²) in [6, 6.07) is 5.31. The van der Waals surface area contributed by atoms with Crippen LogP contribution in [0.4, 0.5) is 0 Å². The lowest BCUT2D eigenvalue weighted by atomic mass is 10.1. The van der Waals surface area contributed by atoms with Crippen molar-refractivity contribution in [3.05, 3.63) is 29.6 Å². The van der Waals surface area contributed by atoms with E-state index in [-0.39, 0.29) is 5.91 Å². The molecule has 0 radical (unpaired) electrons. The number of pyridine rings is 1. The van der Waals surface area contributed by atoms with E-state index in [9.17, 15) is 9.59 Å². The molecule has 1 aromatic heterocycles. The minimum absolute atomic E-state index is 0.238. The van der Waals surface area contributed by atoms with Crippen LogP contribution in [0.25, 0.3) is 0 Å². The van der Waals surface area contributed by atoms with Crippen LogP contribution in [-0.2, 0) is 16.1 Å². The number of hydrogen-bond donors (Lipinski definition) is 1. The highest BCUT2D eigenvalue weighted by atomic mass is 16.2. The molecule has 1 aromatic rings. The highest BCUT2D eigenvalue weighted by Gasteiger charge is 2.35. The van der Waals surface area contributed by atoms with Crippen LogP contribution in [0.3, 0.4) is 0 Å². The van der Waals surface area contributed by atoms with Gasteiger partial charge < -0.3 is 10.6 Å². The minimum Gasteiger partial charge on any atom is -0.369 e. The van der Waals surface area contributed by atoms with Crippen molar-refractivity contribution in [1.82, 2.24) is 9.88 Å². The first kappa shape index (κ1) is 12.0. The van der Waals surface area contributed by atoms with E-state index in [0.717, 1.165) is 5.56 Å². The Bertz CT molecular complexity index is 535. The molecule has 0 saturated carbocycles. The Hall–Kier alpha value is -2.42. The van der Waals surface area contributed by atoms with Crippen molar-refractivity contribution in [3.63, 3.8) is 0 Å². The fourth-order valence-corrected chi connectivity index (χ4v) is 2.01. The number of carbonyl (C=O) groups excluding carboxylic acids is 2. The molecule has 2 N–H and O–H groups in total. The fourth-order valence-electron chi connectivity index (χ4n) is 2.01.